The lowest BCUT2D eigenvalue weighted by Gasteiger charge is -2.10. The molecule has 9 heteroatoms. The van der Waals surface area contributed by atoms with Gasteiger partial charge in [0.05, 0.1) is 6.04 Å². The molecule has 1 aliphatic rings. The van der Waals surface area contributed by atoms with Gasteiger partial charge in [-0.2, -0.15) is 0 Å². The number of nitrogens with zero attached hydrogens (tertiary/aromatic N) is 3. The molecular weight excluding hydrogens is 317 g/mol. The lowest BCUT2D eigenvalue weighted by Crippen LogP contribution is -2.23. The van der Waals surface area contributed by atoms with E-state index in [0.29, 0.717) is 25.2 Å². The van der Waals surface area contributed by atoms with Gasteiger partial charge in [0.2, 0.25) is 5.82 Å². The fraction of sp³-hybridized carbons (Fsp3) is 0.400. The number of benzene rings is 1. The Bertz CT molecular complexity index is 734. The van der Waals surface area contributed by atoms with Crippen molar-refractivity contribution in [1.82, 2.24) is 15.8 Å². The second-order valence-electron chi connectivity index (χ2n) is 5.45. The molecule has 0 saturated carbocycles. The lowest BCUT2D eigenvalue weighted by molar-refractivity contribution is 0.233. The molecule has 8 nitrogen and oxygen atoms in total. The largest absolute Gasteiger partial charge is 0.396 e. The van der Waals surface area contributed by atoms with Gasteiger partial charge in [-0.15, -0.1) is 0 Å². The van der Waals surface area contributed by atoms with Crippen LogP contribution in [-0.2, 0) is 6.42 Å². The minimum absolute atomic E-state index is 0.0389. The first-order chi connectivity index (χ1) is 11.7. The molecule has 0 radical (unpaired) electrons. The number of aryl methyl sites for hydroxylation is 1. The van der Waals surface area contributed by atoms with Crippen molar-refractivity contribution in [3.63, 3.8) is 0 Å². The zero-order valence-electron chi connectivity index (χ0n) is 12.9. The van der Waals surface area contributed by atoms with Gasteiger partial charge in [-0.25, -0.2) is 9.02 Å². The highest BCUT2D eigenvalue weighted by Crippen LogP contribution is 2.34. The summed E-state index contributed by atoms with van der Waals surface area (Å²) in [6.07, 6.45) is 2.03. The molecule has 2 aromatic rings. The molecule has 0 bridgehead atoms. The highest BCUT2D eigenvalue weighted by atomic mass is 19.1. The number of nitrogens with one attached hydrogen (secondary N) is 2. The van der Waals surface area contributed by atoms with E-state index in [4.69, 9.17) is 9.74 Å². The molecule has 0 spiro atoms. The van der Waals surface area contributed by atoms with Crippen LogP contribution in [0.5, 0.6) is 0 Å². The fourth-order valence-electron chi connectivity index (χ4n) is 2.73. The minimum Gasteiger partial charge on any atom is -0.396 e. The van der Waals surface area contributed by atoms with E-state index < -0.39 is 0 Å². The predicted octanol–water partition coefficient (Wildman–Crippen LogP) is 1.42. The van der Waals surface area contributed by atoms with E-state index in [1.807, 2.05) is 5.48 Å². The second-order valence-corrected chi connectivity index (χ2v) is 5.45. The van der Waals surface area contributed by atoms with Gasteiger partial charge < -0.3 is 10.4 Å². The molecule has 3 rings (SSSR count). The Labute approximate surface area is 137 Å². The Kier molecular flexibility index (Phi) is 5.02. The first-order valence-electron chi connectivity index (χ1n) is 7.67. The molecule has 24 heavy (non-hydrogen) atoms. The summed E-state index contributed by atoms with van der Waals surface area (Å²) in [7, 11) is 0. The van der Waals surface area contributed by atoms with Crippen LogP contribution >= 0.6 is 0 Å². The van der Waals surface area contributed by atoms with Crippen LogP contribution in [0, 0.1) is 5.82 Å². The highest BCUT2D eigenvalue weighted by molar-refractivity contribution is 6.00. The van der Waals surface area contributed by atoms with Crippen LogP contribution in [-0.4, -0.2) is 39.6 Å². The van der Waals surface area contributed by atoms with Gasteiger partial charge in [0.1, 0.15) is 5.82 Å². The number of fused-ring (bicyclic) bond motifs is 1. The molecule has 4 N–H and O–H groups in total. The lowest BCUT2D eigenvalue weighted by atomic mass is 10.1. The number of aliphatic hydroxyl groups excluding tert-OH is 1. The maximum Gasteiger partial charge on any atom is 0.202 e. The van der Waals surface area contributed by atoms with Crippen LogP contribution in [0.15, 0.2) is 27.8 Å². The highest BCUT2D eigenvalue weighted by Gasteiger charge is 2.25. The average Bonchev–Trinajstić information content (AvgIpc) is 3.20. The summed E-state index contributed by atoms with van der Waals surface area (Å²) >= 11 is 0. The van der Waals surface area contributed by atoms with Crippen molar-refractivity contribution >= 4 is 11.7 Å². The van der Waals surface area contributed by atoms with Gasteiger partial charge in [0, 0.05) is 13.2 Å². The third-order valence-electron chi connectivity index (χ3n) is 3.89. The summed E-state index contributed by atoms with van der Waals surface area (Å²) in [5.41, 5.74) is 4.08. The molecule has 1 aliphatic carbocycles. The van der Waals surface area contributed by atoms with Crippen LogP contribution in [0.2, 0.25) is 0 Å². The van der Waals surface area contributed by atoms with Crippen molar-refractivity contribution in [2.24, 2.45) is 4.99 Å². The van der Waals surface area contributed by atoms with Crippen molar-refractivity contribution in [2.45, 2.75) is 25.3 Å². The maximum absolute atomic E-state index is 13.5. The first kappa shape index (κ1) is 16.3. The second kappa shape index (κ2) is 7.37. The molecule has 1 heterocycles. The molecule has 1 unspecified atom stereocenters. The smallest absolute Gasteiger partial charge is 0.202 e. The Morgan fingerprint density at radius 3 is 3.08 bits per heavy atom. The predicted molar refractivity (Wildman–Crippen MR) is 83.4 cm³/mol. The molecule has 0 fully saturated rings. The van der Waals surface area contributed by atoms with Crippen LogP contribution < -0.4 is 10.8 Å². The molecule has 0 amide bonds. The number of hydrogen-bond donors (Lipinski definition) is 4. The number of aromatic nitrogens is 2. The van der Waals surface area contributed by atoms with E-state index in [2.05, 4.69) is 20.6 Å². The van der Waals surface area contributed by atoms with E-state index >= 15 is 0 Å². The number of hydrogen-bond acceptors (Lipinski definition) is 7. The molecular formula is C15H18FN5O3. The Morgan fingerprint density at radius 2 is 2.29 bits per heavy atom. The van der Waals surface area contributed by atoms with Gasteiger partial charge in [-0.1, -0.05) is 6.07 Å². The molecule has 0 saturated heterocycles. The fourth-order valence-corrected chi connectivity index (χ4v) is 2.73. The summed E-state index contributed by atoms with van der Waals surface area (Å²) in [6, 6.07) is 4.37. The Hall–Kier alpha value is -2.52. The van der Waals surface area contributed by atoms with Crippen LogP contribution in [0.25, 0.3) is 0 Å². The monoisotopic (exact) mass is 335 g/mol. The quantitative estimate of drug-likeness (QED) is 0.273. The number of anilines is 1. The molecule has 128 valence electrons. The van der Waals surface area contributed by atoms with E-state index in [0.717, 1.165) is 17.5 Å². The molecule has 1 aromatic carbocycles. The normalized spacial score (nSPS) is 17.0. The summed E-state index contributed by atoms with van der Waals surface area (Å²) in [5, 5.41) is 28.6. The number of halogens is 1. The summed E-state index contributed by atoms with van der Waals surface area (Å²) < 4.78 is 18.2. The van der Waals surface area contributed by atoms with Gasteiger partial charge in [-0.05, 0) is 52.8 Å². The molecule has 0 aliphatic heterocycles. The van der Waals surface area contributed by atoms with E-state index in [1.165, 1.54) is 12.1 Å². The van der Waals surface area contributed by atoms with Crippen molar-refractivity contribution in [1.29, 1.82) is 0 Å². The van der Waals surface area contributed by atoms with E-state index in [1.54, 1.807) is 6.07 Å². The van der Waals surface area contributed by atoms with Crippen LogP contribution in [0.3, 0.4) is 0 Å². The topological polar surface area (TPSA) is 116 Å². The number of amidine groups is 1. The Balaban J connectivity index is 1.84. The van der Waals surface area contributed by atoms with E-state index in [9.17, 15) is 9.60 Å². The number of aliphatic hydroxyl groups is 1. The summed E-state index contributed by atoms with van der Waals surface area (Å²) in [5.74, 6) is 0.0786. The molecule has 1 aromatic heterocycles. The average molecular weight is 335 g/mol. The standard InChI is InChI=1S/C15H18FN5O3/c16-10-4-2-9-3-5-12(11(9)8-10)18-15(19-23)13-14(21-24-20-13)17-6-1-7-22/h2,4,8,12,22-23H,1,3,5-7H2,(H,17,21)(H,18,19). The van der Waals surface area contributed by atoms with Crippen molar-refractivity contribution in [2.75, 3.05) is 18.5 Å². The van der Waals surface area contributed by atoms with Crippen LogP contribution in [0.1, 0.15) is 35.7 Å². The van der Waals surface area contributed by atoms with Gasteiger partial charge in [-0.3, -0.25) is 15.7 Å². The third kappa shape index (κ3) is 3.36. The van der Waals surface area contributed by atoms with Gasteiger partial charge in [0.15, 0.2) is 11.5 Å². The van der Waals surface area contributed by atoms with E-state index in [-0.39, 0.29) is 30.0 Å². The van der Waals surface area contributed by atoms with Crippen molar-refractivity contribution in [3.05, 3.63) is 40.8 Å². The first-order valence-corrected chi connectivity index (χ1v) is 7.67. The Morgan fingerprint density at radius 1 is 1.42 bits per heavy atom. The SMILES string of the molecule is OCCCNc1nonc1C(=NC1CCc2ccc(F)cc21)NO. The minimum atomic E-state index is -0.316. The molecule has 1 atom stereocenters. The van der Waals surface area contributed by atoms with Gasteiger partial charge in [0.25, 0.3) is 0 Å². The zero-order valence-corrected chi connectivity index (χ0v) is 12.9. The number of aliphatic imine (C=N–C) groups is 1. The number of rotatable bonds is 6. The summed E-state index contributed by atoms with van der Waals surface area (Å²) in [4.78, 5) is 4.44. The maximum atomic E-state index is 13.5. The third-order valence-corrected chi connectivity index (χ3v) is 3.89. The van der Waals surface area contributed by atoms with Crippen molar-refractivity contribution < 1.29 is 19.3 Å². The zero-order chi connectivity index (χ0) is 16.9. The summed E-state index contributed by atoms with van der Waals surface area (Å²) in [6.45, 7) is 0.505. The van der Waals surface area contributed by atoms with Crippen molar-refractivity contribution in [3.8, 4) is 0 Å². The van der Waals surface area contributed by atoms with Crippen LogP contribution in [0.4, 0.5) is 10.2 Å². The van der Waals surface area contributed by atoms with Gasteiger partial charge >= 0.3 is 0 Å². The number of hydroxylamine groups is 1.